The Morgan fingerprint density at radius 2 is 2.11 bits per heavy atom. The zero-order valence-electron chi connectivity index (χ0n) is 5.80. The Labute approximate surface area is 64.3 Å². The minimum absolute atomic E-state index is 0.207. The molecule has 56 valence electrons. The van der Waals surface area contributed by atoms with Gasteiger partial charge in [-0.2, -0.15) is 0 Å². The summed E-state index contributed by atoms with van der Waals surface area (Å²) in [4.78, 5) is 0. The second kappa shape index (κ2) is 5.21. The number of ether oxygens (including phenoxy) is 1. The molecule has 0 aromatic heterocycles. The number of hydrogen-bond donors (Lipinski definition) is 1. The highest BCUT2D eigenvalue weighted by molar-refractivity contribution is 9.09. The first-order valence-corrected chi connectivity index (χ1v) is 4.14. The second-order valence-electron chi connectivity index (χ2n) is 2.19. The SMILES string of the molecule is CC(C)OCC(O)CBr. The van der Waals surface area contributed by atoms with Gasteiger partial charge in [-0.1, -0.05) is 15.9 Å². The largest absolute Gasteiger partial charge is 0.390 e. The lowest BCUT2D eigenvalue weighted by molar-refractivity contribution is 0.0157. The predicted molar refractivity (Wildman–Crippen MR) is 40.9 cm³/mol. The van der Waals surface area contributed by atoms with Crippen LogP contribution in [0.2, 0.25) is 0 Å². The molecule has 0 aliphatic rings. The molecule has 3 heteroatoms. The molecule has 0 saturated heterocycles. The third kappa shape index (κ3) is 6.28. The highest BCUT2D eigenvalue weighted by Gasteiger charge is 2.01. The van der Waals surface area contributed by atoms with Crippen molar-refractivity contribution >= 4 is 15.9 Å². The van der Waals surface area contributed by atoms with Crippen molar-refractivity contribution in [1.29, 1.82) is 0 Å². The molecule has 1 unspecified atom stereocenters. The lowest BCUT2D eigenvalue weighted by Crippen LogP contribution is -2.19. The van der Waals surface area contributed by atoms with Gasteiger partial charge in [-0.05, 0) is 13.8 Å². The number of halogens is 1. The average molecular weight is 197 g/mol. The van der Waals surface area contributed by atoms with Gasteiger partial charge >= 0.3 is 0 Å². The van der Waals surface area contributed by atoms with Gasteiger partial charge in [-0.15, -0.1) is 0 Å². The van der Waals surface area contributed by atoms with Crippen molar-refractivity contribution in [1.82, 2.24) is 0 Å². The Morgan fingerprint density at radius 3 is 2.44 bits per heavy atom. The summed E-state index contributed by atoms with van der Waals surface area (Å²) in [6, 6.07) is 0. The Hall–Kier alpha value is 0.400. The highest BCUT2D eigenvalue weighted by Crippen LogP contribution is 1.94. The second-order valence-corrected chi connectivity index (χ2v) is 2.84. The van der Waals surface area contributed by atoms with Crippen LogP contribution in [0.3, 0.4) is 0 Å². The Kier molecular flexibility index (Phi) is 5.44. The maximum atomic E-state index is 8.93. The molecule has 0 aromatic rings. The summed E-state index contributed by atoms with van der Waals surface area (Å²) < 4.78 is 5.11. The molecule has 9 heavy (non-hydrogen) atoms. The Morgan fingerprint density at radius 1 is 1.56 bits per heavy atom. The van der Waals surface area contributed by atoms with E-state index in [1.807, 2.05) is 13.8 Å². The van der Waals surface area contributed by atoms with Gasteiger partial charge in [0.05, 0.1) is 18.8 Å². The first-order valence-electron chi connectivity index (χ1n) is 3.02. The third-order valence-electron chi connectivity index (χ3n) is 0.800. The molecule has 1 atom stereocenters. The molecule has 0 aliphatic carbocycles. The van der Waals surface area contributed by atoms with Crippen LogP contribution in [-0.2, 0) is 4.74 Å². The predicted octanol–water partition coefficient (Wildman–Crippen LogP) is 1.17. The van der Waals surface area contributed by atoms with Crippen molar-refractivity contribution in [2.45, 2.75) is 26.1 Å². The van der Waals surface area contributed by atoms with E-state index in [-0.39, 0.29) is 12.2 Å². The molecule has 0 rings (SSSR count). The first kappa shape index (κ1) is 9.40. The molecule has 2 nitrogen and oxygen atoms in total. The summed E-state index contributed by atoms with van der Waals surface area (Å²) in [5.41, 5.74) is 0. The van der Waals surface area contributed by atoms with Crippen molar-refractivity contribution in [3.63, 3.8) is 0 Å². The standard InChI is InChI=1S/C6H13BrO2/c1-5(2)9-4-6(8)3-7/h5-6,8H,3-4H2,1-2H3. The van der Waals surface area contributed by atoms with E-state index in [9.17, 15) is 0 Å². The molecular weight excluding hydrogens is 184 g/mol. The zero-order chi connectivity index (χ0) is 7.28. The van der Waals surface area contributed by atoms with Crippen LogP contribution in [0.1, 0.15) is 13.8 Å². The van der Waals surface area contributed by atoms with Crippen molar-refractivity contribution in [3.05, 3.63) is 0 Å². The van der Waals surface area contributed by atoms with E-state index in [0.717, 1.165) is 0 Å². The van der Waals surface area contributed by atoms with Gasteiger partial charge in [-0.3, -0.25) is 0 Å². The monoisotopic (exact) mass is 196 g/mol. The van der Waals surface area contributed by atoms with E-state index >= 15 is 0 Å². The molecule has 0 fully saturated rings. The first-order chi connectivity index (χ1) is 4.16. The Balaban J connectivity index is 3.06. The fourth-order valence-corrected chi connectivity index (χ4v) is 0.535. The maximum Gasteiger partial charge on any atom is 0.0870 e. The fraction of sp³-hybridized carbons (Fsp3) is 1.00. The third-order valence-corrected chi connectivity index (χ3v) is 1.55. The normalized spacial score (nSPS) is 14.3. The van der Waals surface area contributed by atoms with Gasteiger partial charge in [0.2, 0.25) is 0 Å². The smallest absolute Gasteiger partial charge is 0.0870 e. The molecule has 0 aromatic carbocycles. The molecule has 0 saturated carbocycles. The van der Waals surface area contributed by atoms with Crippen molar-refractivity contribution < 1.29 is 9.84 Å². The average Bonchev–Trinajstić information content (AvgIpc) is 1.83. The molecule has 0 amide bonds. The van der Waals surface area contributed by atoms with E-state index in [1.54, 1.807) is 0 Å². The quantitative estimate of drug-likeness (QED) is 0.685. The molecule has 1 N–H and O–H groups in total. The molecule has 0 bridgehead atoms. The van der Waals surface area contributed by atoms with Crippen LogP contribution in [0.15, 0.2) is 0 Å². The van der Waals surface area contributed by atoms with Crippen molar-refractivity contribution in [3.8, 4) is 0 Å². The van der Waals surface area contributed by atoms with Crippen molar-refractivity contribution in [2.24, 2.45) is 0 Å². The zero-order valence-corrected chi connectivity index (χ0v) is 7.39. The van der Waals surface area contributed by atoms with Crippen LogP contribution in [0.5, 0.6) is 0 Å². The molecule has 0 spiro atoms. The molecular formula is C6H13BrO2. The highest BCUT2D eigenvalue weighted by atomic mass is 79.9. The number of aliphatic hydroxyl groups excluding tert-OH is 1. The summed E-state index contributed by atoms with van der Waals surface area (Å²) in [5, 5.41) is 9.52. The topological polar surface area (TPSA) is 29.5 Å². The van der Waals surface area contributed by atoms with Crippen LogP contribution in [0, 0.1) is 0 Å². The minimum Gasteiger partial charge on any atom is -0.390 e. The number of aliphatic hydroxyl groups is 1. The number of rotatable bonds is 4. The van der Waals surface area contributed by atoms with E-state index in [4.69, 9.17) is 9.84 Å². The molecule has 0 heterocycles. The summed E-state index contributed by atoms with van der Waals surface area (Å²) in [6.45, 7) is 4.31. The van der Waals surface area contributed by atoms with Crippen molar-refractivity contribution in [2.75, 3.05) is 11.9 Å². The van der Waals surface area contributed by atoms with Gasteiger partial charge in [0.1, 0.15) is 0 Å². The fourth-order valence-electron chi connectivity index (χ4n) is 0.348. The molecule has 0 aliphatic heterocycles. The number of hydrogen-bond acceptors (Lipinski definition) is 2. The van der Waals surface area contributed by atoms with E-state index in [1.165, 1.54) is 0 Å². The summed E-state index contributed by atoms with van der Waals surface area (Å²) in [7, 11) is 0. The van der Waals surface area contributed by atoms with Gasteiger partial charge in [0, 0.05) is 5.33 Å². The van der Waals surface area contributed by atoms with Crippen LogP contribution >= 0.6 is 15.9 Å². The van der Waals surface area contributed by atoms with Crippen LogP contribution in [0.4, 0.5) is 0 Å². The number of alkyl halides is 1. The summed E-state index contributed by atoms with van der Waals surface area (Å²) >= 11 is 3.13. The molecule has 0 radical (unpaired) electrons. The minimum atomic E-state index is -0.368. The van der Waals surface area contributed by atoms with Crippen LogP contribution < -0.4 is 0 Å². The van der Waals surface area contributed by atoms with E-state index < -0.39 is 0 Å². The van der Waals surface area contributed by atoms with Gasteiger partial charge in [0.15, 0.2) is 0 Å². The van der Waals surface area contributed by atoms with Crippen LogP contribution in [-0.4, -0.2) is 29.3 Å². The Bertz CT molecular complexity index is 66.1. The van der Waals surface area contributed by atoms with Gasteiger partial charge in [0.25, 0.3) is 0 Å². The lowest BCUT2D eigenvalue weighted by Gasteiger charge is -2.09. The summed E-state index contributed by atoms with van der Waals surface area (Å²) in [6.07, 6.45) is -0.161. The van der Waals surface area contributed by atoms with E-state index in [2.05, 4.69) is 15.9 Å². The van der Waals surface area contributed by atoms with E-state index in [0.29, 0.717) is 11.9 Å². The van der Waals surface area contributed by atoms with Gasteiger partial charge < -0.3 is 9.84 Å². The summed E-state index contributed by atoms with van der Waals surface area (Å²) in [5.74, 6) is 0. The van der Waals surface area contributed by atoms with Crippen LogP contribution in [0.25, 0.3) is 0 Å². The van der Waals surface area contributed by atoms with Gasteiger partial charge in [-0.25, -0.2) is 0 Å². The lowest BCUT2D eigenvalue weighted by atomic mass is 10.4. The maximum absolute atomic E-state index is 8.93.